The lowest BCUT2D eigenvalue weighted by molar-refractivity contribution is 0.0516. The van der Waals surface area contributed by atoms with Gasteiger partial charge in [-0.15, -0.1) is 0 Å². The van der Waals surface area contributed by atoms with Crippen LogP contribution in [0.3, 0.4) is 0 Å². The van der Waals surface area contributed by atoms with E-state index in [1.54, 1.807) is 0 Å². The van der Waals surface area contributed by atoms with E-state index in [0.717, 1.165) is 178 Å². The molecule has 6 unspecified atom stereocenters. The Labute approximate surface area is 637 Å². The van der Waals surface area contributed by atoms with Gasteiger partial charge in [-0.3, -0.25) is 19.6 Å². The van der Waals surface area contributed by atoms with E-state index in [9.17, 15) is 20.4 Å². The van der Waals surface area contributed by atoms with Crippen molar-refractivity contribution in [2.45, 2.75) is 373 Å². The van der Waals surface area contributed by atoms with Crippen molar-refractivity contribution in [3.05, 3.63) is 97.2 Å². The number of rotatable bonds is 76. The van der Waals surface area contributed by atoms with Crippen LogP contribution in [0.25, 0.3) is 0 Å². The van der Waals surface area contributed by atoms with Crippen LogP contribution in [0.2, 0.25) is 0 Å². The normalized spacial score (nSPS) is 16.7. The van der Waals surface area contributed by atoms with Gasteiger partial charge < -0.3 is 20.4 Å². The molecule has 1 saturated heterocycles. The molecule has 0 saturated carbocycles. The van der Waals surface area contributed by atoms with E-state index in [-0.39, 0.29) is 24.4 Å². The smallest absolute Gasteiger partial charge is 0.0667 e. The minimum Gasteiger partial charge on any atom is -0.392 e. The molecule has 6 atom stereocenters. The summed E-state index contributed by atoms with van der Waals surface area (Å²) in [6, 6.07) is 1.10. The highest BCUT2D eigenvalue weighted by molar-refractivity contribution is 8.77. The van der Waals surface area contributed by atoms with E-state index in [4.69, 9.17) is 0 Å². The minimum absolute atomic E-state index is 0.339. The molecule has 584 valence electrons. The number of hydrogen-bond donors (Lipinski definition) is 4. The van der Waals surface area contributed by atoms with Crippen molar-refractivity contribution in [1.82, 2.24) is 19.6 Å². The third kappa shape index (κ3) is 67.6. The lowest BCUT2D eigenvalue weighted by atomic mass is 10.1. The number of hydrogen-bond acceptors (Lipinski definition) is 12. The number of piperazine rings is 1. The maximum absolute atomic E-state index is 11.3. The molecule has 0 spiro atoms. The first-order valence-electron chi connectivity index (χ1n) is 42.5. The summed E-state index contributed by atoms with van der Waals surface area (Å²) in [6.07, 6.45) is 89.6. The predicted molar refractivity (Wildman–Crippen MR) is 457 cm³/mol. The number of allylic oxidation sites excluding steroid dienone is 16. The Morgan fingerprint density at radius 1 is 0.290 bits per heavy atom. The Morgan fingerprint density at radius 2 is 0.510 bits per heavy atom. The van der Waals surface area contributed by atoms with Gasteiger partial charge in [0.2, 0.25) is 0 Å². The standard InChI is InChI=1S/C88H164N4O4S4/c1-7-11-15-19-23-27-31-35-39-43-47-51-55-59-65-85(93)79-89(80-86(94)66-60-56-52-48-44-40-36-32-28-24-20-16-12-8-2)69-63-73-97-99-75-71-91-77-84(6)92(78-83(91)5)72-76-100-98-74-64-70-90(81-87(95)67-61-57-53-49-45-41-37-33-29-25-21-17-13-9-3)82-88(96)68-62-58-54-50-46-42-38-34-30-26-22-18-14-10-4/h23-30,35-42,83-88,93-96H,7-22,31-34,43-82H2,1-6H3/b27-23-,28-24-,29-25-,30-26-,39-35-,40-36-,41-37-,42-38-. The molecule has 1 aliphatic heterocycles. The van der Waals surface area contributed by atoms with E-state index >= 15 is 0 Å². The second kappa shape index (κ2) is 77.6. The van der Waals surface area contributed by atoms with Crippen molar-refractivity contribution < 1.29 is 20.4 Å². The molecular weight excluding hydrogens is 1310 g/mol. The Morgan fingerprint density at radius 3 is 0.750 bits per heavy atom. The molecule has 0 aliphatic carbocycles. The van der Waals surface area contributed by atoms with Crippen LogP contribution in [-0.4, -0.2) is 165 Å². The van der Waals surface area contributed by atoms with E-state index in [0.29, 0.717) is 38.3 Å². The van der Waals surface area contributed by atoms with Gasteiger partial charge in [-0.1, -0.05) is 297 Å². The lowest BCUT2D eigenvalue weighted by Crippen LogP contribution is -2.57. The van der Waals surface area contributed by atoms with Gasteiger partial charge in [0, 0.05) is 87.5 Å². The SMILES string of the molecule is CCCCC/C=C\C/C=C\CCCCCCC(O)CN(CCCSSCCN1CC(C)N(CCSSCCCN(CC(O)CCCCCC/C=C\C/C=C\CCCCC)CC(O)CCCCCC/C=C\C/C=C\CCCCC)CC1C)CC(O)CCCCCC/C=C\C/C=C\CCCCC. The quantitative estimate of drug-likeness (QED) is 0.0265. The molecular formula is C88H164N4O4S4. The number of unbranched alkanes of at least 4 members (excludes halogenated alkanes) is 28. The Hall–Kier alpha value is -1.00. The molecule has 1 rings (SSSR count). The van der Waals surface area contributed by atoms with Crippen LogP contribution < -0.4 is 0 Å². The molecule has 0 aromatic heterocycles. The van der Waals surface area contributed by atoms with E-state index in [1.807, 2.05) is 43.2 Å². The maximum Gasteiger partial charge on any atom is 0.0667 e. The number of aliphatic hydroxyl groups excluding tert-OH is 4. The van der Waals surface area contributed by atoms with Crippen molar-refractivity contribution in [3.8, 4) is 0 Å². The summed E-state index contributed by atoms with van der Waals surface area (Å²) in [5.41, 5.74) is 0. The molecule has 0 amide bonds. The fourth-order valence-corrected chi connectivity index (χ4v) is 17.4. The monoisotopic (exact) mass is 1470 g/mol. The predicted octanol–water partition coefficient (Wildman–Crippen LogP) is 24.7. The largest absolute Gasteiger partial charge is 0.392 e. The fraction of sp³-hybridized carbons (Fsp3) is 0.818. The zero-order valence-corrected chi connectivity index (χ0v) is 69.6. The molecule has 12 heteroatoms. The highest BCUT2D eigenvalue weighted by Gasteiger charge is 2.28. The average Bonchev–Trinajstić information content (AvgIpc) is 0.854. The van der Waals surface area contributed by atoms with Gasteiger partial charge in [0.1, 0.15) is 0 Å². The second-order valence-electron chi connectivity index (χ2n) is 29.5. The first kappa shape index (κ1) is 97.0. The summed E-state index contributed by atoms with van der Waals surface area (Å²) >= 11 is 0. The van der Waals surface area contributed by atoms with Crippen molar-refractivity contribution in [3.63, 3.8) is 0 Å². The van der Waals surface area contributed by atoms with Crippen molar-refractivity contribution in [2.24, 2.45) is 0 Å². The van der Waals surface area contributed by atoms with Gasteiger partial charge in [0.05, 0.1) is 24.4 Å². The Kier molecular flexibility index (Phi) is 75.3. The number of aliphatic hydroxyl groups is 4. The Bertz CT molecular complexity index is 1700. The summed E-state index contributed by atoms with van der Waals surface area (Å²) in [7, 11) is 8.06. The van der Waals surface area contributed by atoms with Crippen molar-refractivity contribution in [2.75, 3.05) is 88.5 Å². The summed E-state index contributed by atoms with van der Waals surface area (Å²) in [4.78, 5) is 10.2. The van der Waals surface area contributed by atoms with Crippen LogP contribution in [0, 0.1) is 0 Å². The van der Waals surface area contributed by atoms with Crippen molar-refractivity contribution in [1.29, 1.82) is 0 Å². The highest BCUT2D eigenvalue weighted by atomic mass is 33.1. The molecule has 8 nitrogen and oxygen atoms in total. The zero-order valence-electron chi connectivity index (χ0n) is 66.3. The third-order valence-corrected chi connectivity index (χ3v) is 24.5. The first-order chi connectivity index (χ1) is 49.1. The summed E-state index contributed by atoms with van der Waals surface area (Å²) in [5, 5.41) is 45.0. The van der Waals surface area contributed by atoms with Crippen LogP contribution in [-0.2, 0) is 0 Å². The van der Waals surface area contributed by atoms with Crippen LogP contribution in [0.4, 0.5) is 0 Å². The molecule has 0 aromatic rings. The summed E-state index contributed by atoms with van der Waals surface area (Å²) in [6.45, 7) is 22.9. The topological polar surface area (TPSA) is 93.9 Å². The van der Waals surface area contributed by atoms with Crippen molar-refractivity contribution >= 4 is 43.2 Å². The molecule has 4 N–H and O–H groups in total. The van der Waals surface area contributed by atoms with Gasteiger partial charge in [0.15, 0.2) is 0 Å². The zero-order chi connectivity index (χ0) is 72.3. The van der Waals surface area contributed by atoms with Crippen LogP contribution >= 0.6 is 43.2 Å². The van der Waals surface area contributed by atoms with E-state index in [1.165, 1.54) is 180 Å². The summed E-state index contributed by atoms with van der Waals surface area (Å²) in [5.74, 6) is 4.46. The number of nitrogens with zero attached hydrogens (tertiary/aromatic N) is 4. The van der Waals surface area contributed by atoms with Crippen LogP contribution in [0.15, 0.2) is 97.2 Å². The second-order valence-corrected chi connectivity index (χ2v) is 34.9. The molecule has 1 aliphatic rings. The fourth-order valence-electron chi connectivity index (χ4n) is 13.3. The lowest BCUT2D eigenvalue weighted by Gasteiger charge is -2.44. The van der Waals surface area contributed by atoms with Crippen LogP contribution in [0.5, 0.6) is 0 Å². The molecule has 0 radical (unpaired) electrons. The average molecular weight is 1470 g/mol. The third-order valence-electron chi connectivity index (χ3n) is 19.6. The molecule has 0 aromatic carbocycles. The maximum atomic E-state index is 11.3. The van der Waals surface area contributed by atoms with E-state index < -0.39 is 0 Å². The van der Waals surface area contributed by atoms with Gasteiger partial charge in [0.25, 0.3) is 0 Å². The molecule has 0 bridgehead atoms. The molecule has 1 fully saturated rings. The van der Waals surface area contributed by atoms with Gasteiger partial charge in [-0.2, -0.15) is 0 Å². The van der Waals surface area contributed by atoms with Crippen LogP contribution in [0.1, 0.15) is 337 Å². The first-order valence-corrected chi connectivity index (χ1v) is 47.4. The summed E-state index contributed by atoms with van der Waals surface area (Å²) < 4.78 is 0. The minimum atomic E-state index is -0.339. The van der Waals surface area contributed by atoms with Gasteiger partial charge in [-0.25, -0.2) is 0 Å². The van der Waals surface area contributed by atoms with Gasteiger partial charge >= 0.3 is 0 Å². The van der Waals surface area contributed by atoms with E-state index in [2.05, 4.69) is 158 Å². The Balaban J connectivity index is 2.54. The molecule has 100 heavy (non-hydrogen) atoms. The van der Waals surface area contributed by atoms with Gasteiger partial charge in [-0.05, 0) is 194 Å². The molecule has 1 heterocycles. The highest BCUT2D eigenvalue weighted by Crippen LogP contribution is 2.27.